The summed E-state index contributed by atoms with van der Waals surface area (Å²) in [5, 5.41) is 25.1. The molecule has 0 aliphatic rings. The molecule has 4 aromatic rings. The van der Waals surface area contributed by atoms with Gasteiger partial charge in [-0.3, -0.25) is 9.69 Å². The summed E-state index contributed by atoms with van der Waals surface area (Å²) in [4.78, 5) is 37.7. The standard InChI is InChI=1S/C29H32F3N8O6/c1-17(25-23(32)10-34-14-36-25)29(44,21-7-6-20(30)9-22(21)31)13-40-16-39(15-37-40)18(2)46-28(43)38(3)26-19(5-4-8-35-26)12-45-27(42)24(33)11-41/h4-10,14-18,24,41,44H,11-13,33H2,1-3H3/q+1/t17-,18?,24-,29?/m0/s1. The van der Waals surface area contributed by atoms with Crippen molar-refractivity contribution in [2.75, 3.05) is 18.6 Å². The predicted octanol–water partition coefficient (Wildman–Crippen LogP) is 1.62. The van der Waals surface area contributed by atoms with Crippen LogP contribution < -0.4 is 15.2 Å². The van der Waals surface area contributed by atoms with Crippen LogP contribution in [-0.2, 0) is 33.0 Å². The topological polar surface area (TPSA) is 183 Å². The number of nitrogens with zero attached hydrogens (tertiary/aromatic N) is 7. The Labute approximate surface area is 260 Å². The molecular formula is C29H32F3N8O6+. The number of amides is 1. The van der Waals surface area contributed by atoms with Gasteiger partial charge in [-0.05, 0) is 12.1 Å². The van der Waals surface area contributed by atoms with E-state index in [4.69, 9.17) is 20.3 Å². The number of rotatable bonds is 12. The number of benzene rings is 1. The highest BCUT2D eigenvalue weighted by Gasteiger charge is 2.43. The lowest BCUT2D eigenvalue weighted by molar-refractivity contribution is -0.753. The smallest absolute Gasteiger partial charge is 0.418 e. The summed E-state index contributed by atoms with van der Waals surface area (Å²) >= 11 is 0. The number of nitrogens with two attached hydrogens (primary N) is 1. The first-order valence-electron chi connectivity index (χ1n) is 13.8. The van der Waals surface area contributed by atoms with Crippen molar-refractivity contribution in [1.29, 1.82) is 0 Å². The number of carbonyl (C=O) groups is 2. The molecule has 0 radical (unpaired) electrons. The van der Waals surface area contributed by atoms with Gasteiger partial charge in [-0.2, -0.15) is 4.57 Å². The molecule has 2 unspecified atom stereocenters. The Bertz CT molecular complexity index is 1690. The fourth-order valence-electron chi connectivity index (χ4n) is 4.57. The maximum Gasteiger partial charge on any atom is 0.418 e. The molecule has 4 N–H and O–H groups in total. The number of esters is 1. The summed E-state index contributed by atoms with van der Waals surface area (Å²) in [7, 11) is 1.39. The molecule has 0 aliphatic heterocycles. The van der Waals surface area contributed by atoms with E-state index in [1.165, 1.54) is 49.0 Å². The molecule has 0 saturated heterocycles. The van der Waals surface area contributed by atoms with Crippen LogP contribution in [0.1, 0.15) is 42.8 Å². The number of aliphatic hydroxyl groups is 2. The molecule has 1 aromatic carbocycles. The van der Waals surface area contributed by atoms with Gasteiger partial charge in [-0.25, -0.2) is 32.9 Å². The number of hydrogen-bond donors (Lipinski definition) is 3. The Balaban J connectivity index is 1.52. The van der Waals surface area contributed by atoms with Crippen LogP contribution in [0.15, 0.2) is 61.7 Å². The van der Waals surface area contributed by atoms with Crippen molar-refractivity contribution in [1.82, 2.24) is 24.7 Å². The molecule has 0 spiro atoms. The third-order valence-corrected chi connectivity index (χ3v) is 7.24. The largest absolute Gasteiger partial charge is 0.459 e. The van der Waals surface area contributed by atoms with Crippen LogP contribution in [0, 0.1) is 17.5 Å². The van der Waals surface area contributed by atoms with Crippen LogP contribution in [-0.4, -0.2) is 66.7 Å². The normalized spacial score (nSPS) is 14.5. The summed E-state index contributed by atoms with van der Waals surface area (Å²) in [6, 6.07) is 4.56. The Morgan fingerprint density at radius 3 is 2.63 bits per heavy atom. The molecular weight excluding hydrogens is 613 g/mol. The second-order valence-electron chi connectivity index (χ2n) is 10.3. The molecule has 0 saturated carbocycles. The summed E-state index contributed by atoms with van der Waals surface area (Å²) in [6.45, 7) is 1.64. The van der Waals surface area contributed by atoms with Gasteiger partial charge in [0.25, 0.3) is 6.33 Å². The van der Waals surface area contributed by atoms with Crippen molar-refractivity contribution in [2.45, 2.75) is 50.8 Å². The average molecular weight is 646 g/mol. The molecule has 4 atom stereocenters. The zero-order chi connectivity index (χ0) is 33.6. The van der Waals surface area contributed by atoms with Crippen LogP contribution in [0.3, 0.4) is 0 Å². The van der Waals surface area contributed by atoms with E-state index in [9.17, 15) is 23.5 Å². The van der Waals surface area contributed by atoms with Gasteiger partial charge in [0.1, 0.15) is 48.6 Å². The lowest BCUT2D eigenvalue weighted by atomic mass is 9.79. The highest BCUT2D eigenvalue weighted by Crippen LogP contribution is 2.39. The number of carbonyl (C=O) groups excluding carboxylic acids is 2. The number of aromatic nitrogens is 6. The van der Waals surface area contributed by atoms with Crippen LogP contribution >= 0.6 is 0 Å². The minimum atomic E-state index is -2.18. The average Bonchev–Trinajstić information content (AvgIpc) is 3.51. The molecule has 17 heteroatoms. The number of hydrogen-bond acceptors (Lipinski definition) is 11. The number of pyridine rings is 1. The summed E-state index contributed by atoms with van der Waals surface area (Å²) in [6.07, 6.45) is 4.24. The Morgan fingerprint density at radius 1 is 1.17 bits per heavy atom. The first-order chi connectivity index (χ1) is 21.8. The van der Waals surface area contributed by atoms with Crippen molar-refractivity contribution in [3.05, 3.63) is 96.0 Å². The van der Waals surface area contributed by atoms with Gasteiger partial charge in [-0.15, -0.1) is 4.68 Å². The summed E-state index contributed by atoms with van der Waals surface area (Å²) < 4.78 is 56.6. The number of aliphatic hydroxyl groups excluding tert-OH is 1. The molecule has 14 nitrogen and oxygen atoms in total. The first-order valence-corrected chi connectivity index (χ1v) is 13.8. The number of halogens is 3. The van der Waals surface area contributed by atoms with E-state index in [0.29, 0.717) is 11.6 Å². The number of anilines is 1. The quantitative estimate of drug-likeness (QED) is 0.150. The fourth-order valence-corrected chi connectivity index (χ4v) is 4.57. The Hall–Kier alpha value is -5.00. The second-order valence-corrected chi connectivity index (χ2v) is 10.3. The van der Waals surface area contributed by atoms with Crippen molar-refractivity contribution < 1.29 is 47.0 Å². The molecule has 244 valence electrons. The summed E-state index contributed by atoms with van der Waals surface area (Å²) in [5.41, 5.74) is 3.11. The third-order valence-electron chi connectivity index (χ3n) is 7.24. The van der Waals surface area contributed by atoms with Crippen LogP contribution in [0.4, 0.5) is 23.8 Å². The predicted molar refractivity (Wildman–Crippen MR) is 152 cm³/mol. The molecule has 1 amide bonds. The maximum absolute atomic E-state index is 15.0. The monoisotopic (exact) mass is 645 g/mol. The van der Waals surface area contributed by atoms with Crippen molar-refractivity contribution in [2.24, 2.45) is 5.73 Å². The van der Waals surface area contributed by atoms with E-state index < -0.39 is 66.5 Å². The van der Waals surface area contributed by atoms with E-state index in [1.807, 2.05) is 0 Å². The molecule has 0 fully saturated rings. The minimum Gasteiger partial charge on any atom is -0.459 e. The van der Waals surface area contributed by atoms with E-state index in [1.54, 1.807) is 12.1 Å². The van der Waals surface area contributed by atoms with E-state index in [-0.39, 0.29) is 23.7 Å². The van der Waals surface area contributed by atoms with Crippen molar-refractivity contribution in [3.8, 4) is 0 Å². The number of ether oxygens (including phenoxy) is 2. The van der Waals surface area contributed by atoms with Gasteiger partial charge in [0.05, 0.1) is 18.5 Å². The first kappa shape index (κ1) is 33.9. The van der Waals surface area contributed by atoms with Gasteiger partial charge in [0, 0.05) is 48.4 Å². The van der Waals surface area contributed by atoms with E-state index in [0.717, 1.165) is 29.6 Å². The third kappa shape index (κ3) is 7.44. The minimum absolute atomic E-state index is 0.128. The molecule has 3 aromatic heterocycles. The SMILES string of the molecule is CC(OC(=O)N(C)c1ncccc1COC(=O)[C@@H](N)CO)[n+]1cnn(CC(O)(c2ccc(F)cc2F)[C@@H](C)c2ncncc2F)c1. The van der Waals surface area contributed by atoms with Crippen molar-refractivity contribution in [3.63, 3.8) is 0 Å². The lowest BCUT2D eigenvalue weighted by Gasteiger charge is -2.32. The molecule has 46 heavy (non-hydrogen) atoms. The molecule has 4 rings (SSSR count). The van der Waals surface area contributed by atoms with Gasteiger partial charge in [-0.1, -0.05) is 19.1 Å². The Morgan fingerprint density at radius 2 is 1.93 bits per heavy atom. The second kappa shape index (κ2) is 14.4. The highest BCUT2D eigenvalue weighted by molar-refractivity contribution is 5.86. The lowest BCUT2D eigenvalue weighted by Crippen LogP contribution is -2.42. The molecule has 0 aliphatic carbocycles. The van der Waals surface area contributed by atoms with E-state index >= 15 is 4.39 Å². The van der Waals surface area contributed by atoms with Gasteiger partial charge in [0.15, 0.2) is 5.82 Å². The van der Waals surface area contributed by atoms with Crippen LogP contribution in [0.5, 0.6) is 0 Å². The van der Waals surface area contributed by atoms with Crippen LogP contribution in [0.25, 0.3) is 0 Å². The zero-order valence-corrected chi connectivity index (χ0v) is 25.0. The van der Waals surface area contributed by atoms with Crippen LogP contribution in [0.2, 0.25) is 0 Å². The zero-order valence-electron chi connectivity index (χ0n) is 25.0. The van der Waals surface area contributed by atoms with Gasteiger partial charge in [0.2, 0.25) is 12.6 Å². The summed E-state index contributed by atoms with van der Waals surface area (Å²) in [5.74, 6) is -4.64. The van der Waals surface area contributed by atoms with E-state index in [2.05, 4.69) is 20.1 Å². The van der Waals surface area contributed by atoms with Gasteiger partial charge < -0.3 is 25.4 Å². The molecule has 3 heterocycles. The van der Waals surface area contributed by atoms with Gasteiger partial charge >= 0.3 is 12.1 Å². The highest BCUT2D eigenvalue weighted by atomic mass is 19.1. The molecule has 0 bridgehead atoms. The van der Waals surface area contributed by atoms with Crippen molar-refractivity contribution >= 4 is 17.9 Å². The Kier molecular flexibility index (Phi) is 10.6. The fraction of sp³-hybridized carbons (Fsp3) is 0.345. The maximum atomic E-state index is 15.0.